The number of hydrogen-bond acceptors (Lipinski definition) is 3. The standard InChI is InChI=1S/C20H23N3O/c1-22-19(10-9-16-7-3-4-8-17(16)14-21)13-18(20(22)24)15-23-11-5-2-6-12-23/h3-4,7-8,18-19H,2,5-6,11-13,15H2,1H3. The quantitative estimate of drug-likeness (QED) is 0.785. The lowest BCUT2D eigenvalue weighted by atomic mass is 10.0. The molecule has 1 aromatic rings. The van der Waals surface area contributed by atoms with Crippen molar-refractivity contribution >= 4 is 5.91 Å². The molecule has 24 heavy (non-hydrogen) atoms. The van der Waals surface area contributed by atoms with E-state index in [0.717, 1.165) is 31.6 Å². The summed E-state index contributed by atoms with van der Waals surface area (Å²) in [6.45, 7) is 3.08. The van der Waals surface area contributed by atoms with Gasteiger partial charge in [0.25, 0.3) is 0 Å². The summed E-state index contributed by atoms with van der Waals surface area (Å²) in [4.78, 5) is 16.7. The molecule has 2 unspecified atom stereocenters. The predicted octanol–water partition coefficient (Wildman–Crippen LogP) is 2.24. The highest BCUT2D eigenvalue weighted by atomic mass is 16.2. The van der Waals surface area contributed by atoms with E-state index in [1.54, 1.807) is 11.0 Å². The molecular weight excluding hydrogens is 298 g/mol. The lowest BCUT2D eigenvalue weighted by Crippen LogP contribution is -2.37. The van der Waals surface area contributed by atoms with Gasteiger partial charge < -0.3 is 9.80 Å². The zero-order chi connectivity index (χ0) is 16.9. The number of nitriles is 1. The van der Waals surface area contributed by atoms with Gasteiger partial charge in [-0.25, -0.2) is 0 Å². The lowest BCUT2D eigenvalue weighted by Gasteiger charge is -2.28. The summed E-state index contributed by atoms with van der Waals surface area (Å²) in [5.41, 5.74) is 1.32. The van der Waals surface area contributed by atoms with Crippen molar-refractivity contribution in [1.29, 1.82) is 5.26 Å². The lowest BCUT2D eigenvalue weighted by molar-refractivity contribution is -0.130. The first kappa shape index (κ1) is 16.6. The maximum absolute atomic E-state index is 12.5. The van der Waals surface area contributed by atoms with E-state index in [0.29, 0.717) is 5.56 Å². The fourth-order valence-electron chi connectivity index (χ4n) is 3.58. The Hall–Kier alpha value is -2.30. The summed E-state index contributed by atoms with van der Waals surface area (Å²) in [6.07, 6.45) is 4.57. The summed E-state index contributed by atoms with van der Waals surface area (Å²) in [7, 11) is 1.84. The number of likely N-dealkylation sites (tertiary alicyclic amines) is 2. The zero-order valence-corrected chi connectivity index (χ0v) is 14.2. The maximum atomic E-state index is 12.5. The van der Waals surface area contributed by atoms with E-state index in [1.807, 2.05) is 25.2 Å². The van der Waals surface area contributed by atoms with Crippen LogP contribution in [-0.4, -0.2) is 48.4 Å². The van der Waals surface area contributed by atoms with Gasteiger partial charge in [-0.05, 0) is 44.5 Å². The third kappa shape index (κ3) is 3.61. The maximum Gasteiger partial charge on any atom is 0.227 e. The minimum Gasteiger partial charge on any atom is -0.332 e. The van der Waals surface area contributed by atoms with Crippen molar-refractivity contribution in [2.45, 2.75) is 31.7 Å². The number of piperidine rings is 1. The van der Waals surface area contributed by atoms with Crippen LogP contribution in [0.3, 0.4) is 0 Å². The van der Waals surface area contributed by atoms with E-state index in [9.17, 15) is 4.79 Å². The second kappa shape index (κ2) is 7.51. The SMILES string of the molecule is CN1C(=O)C(CN2CCCCC2)CC1C#Cc1ccccc1C#N. The van der Waals surface area contributed by atoms with Gasteiger partial charge in [0.1, 0.15) is 6.07 Å². The van der Waals surface area contributed by atoms with Gasteiger partial charge in [0.2, 0.25) is 5.91 Å². The molecule has 124 valence electrons. The molecule has 0 saturated carbocycles. The van der Waals surface area contributed by atoms with Gasteiger partial charge in [0.15, 0.2) is 0 Å². The second-order valence-corrected chi connectivity index (χ2v) is 6.69. The summed E-state index contributed by atoms with van der Waals surface area (Å²) in [5.74, 6) is 6.56. The summed E-state index contributed by atoms with van der Waals surface area (Å²) >= 11 is 0. The predicted molar refractivity (Wildman–Crippen MR) is 93.0 cm³/mol. The monoisotopic (exact) mass is 321 g/mol. The average Bonchev–Trinajstić information content (AvgIpc) is 2.89. The van der Waals surface area contributed by atoms with Crippen LogP contribution in [0.2, 0.25) is 0 Å². The van der Waals surface area contributed by atoms with E-state index in [1.165, 1.54) is 19.3 Å². The zero-order valence-electron chi connectivity index (χ0n) is 14.2. The highest BCUT2D eigenvalue weighted by Crippen LogP contribution is 2.25. The van der Waals surface area contributed by atoms with E-state index in [-0.39, 0.29) is 17.9 Å². The van der Waals surface area contributed by atoms with Crippen LogP contribution in [0.25, 0.3) is 0 Å². The van der Waals surface area contributed by atoms with Crippen LogP contribution in [0.4, 0.5) is 0 Å². The van der Waals surface area contributed by atoms with Crippen molar-refractivity contribution in [3.8, 4) is 17.9 Å². The first-order chi connectivity index (χ1) is 11.7. The molecule has 2 aliphatic heterocycles. The highest BCUT2D eigenvalue weighted by molar-refractivity contribution is 5.82. The number of carbonyl (C=O) groups excluding carboxylic acids is 1. The molecule has 0 radical (unpaired) electrons. The number of amides is 1. The molecule has 0 aliphatic carbocycles. The topological polar surface area (TPSA) is 47.3 Å². The van der Waals surface area contributed by atoms with Crippen LogP contribution in [0, 0.1) is 29.1 Å². The molecule has 0 N–H and O–H groups in total. The molecule has 2 atom stereocenters. The summed E-state index contributed by atoms with van der Waals surface area (Å²) < 4.78 is 0. The Labute approximate surface area is 144 Å². The largest absolute Gasteiger partial charge is 0.332 e. The molecule has 4 nitrogen and oxygen atoms in total. The summed E-state index contributed by atoms with van der Waals surface area (Å²) in [6, 6.07) is 9.45. The molecule has 0 spiro atoms. The Bertz CT molecular complexity index is 704. The molecule has 2 fully saturated rings. The number of benzene rings is 1. The van der Waals surface area contributed by atoms with Crippen LogP contribution in [0.5, 0.6) is 0 Å². The fourth-order valence-corrected chi connectivity index (χ4v) is 3.58. The van der Waals surface area contributed by atoms with Crippen LogP contribution in [-0.2, 0) is 4.79 Å². The molecule has 4 heteroatoms. The smallest absolute Gasteiger partial charge is 0.227 e. The summed E-state index contributed by atoms with van der Waals surface area (Å²) in [5, 5.41) is 9.14. The number of rotatable bonds is 2. The van der Waals surface area contributed by atoms with Crippen molar-refractivity contribution < 1.29 is 4.79 Å². The molecule has 0 bridgehead atoms. The van der Waals surface area contributed by atoms with Crippen molar-refractivity contribution in [3.05, 3.63) is 35.4 Å². The van der Waals surface area contributed by atoms with Crippen LogP contribution in [0.15, 0.2) is 24.3 Å². The van der Waals surface area contributed by atoms with Crippen molar-refractivity contribution in [2.24, 2.45) is 5.92 Å². The van der Waals surface area contributed by atoms with Crippen LogP contribution in [0.1, 0.15) is 36.8 Å². The van der Waals surface area contributed by atoms with Gasteiger partial charge in [-0.15, -0.1) is 0 Å². The van der Waals surface area contributed by atoms with Crippen molar-refractivity contribution in [2.75, 3.05) is 26.7 Å². The third-order valence-electron chi connectivity index (χ3n) is 5.02. The fraction of sp³-hybridized carbons (Fsp3) is 0.500. The van der Waals surface area contributed by atoms with Gasteiger partial charge in [-0.3, -0.25) is 4.79 Å². The molecule has 1 aromatic carbocycles. The molecule has 2 heterocycles. The minimum atomic E-state index is -0.0564. The van der Waals surface area contributed by atoms with Crippen molar-refractivity contribution in [1.82, 2.24) is 9.80 Å². The number of carbonyl (C=O) groups is 1. The molecule has 2 saturated heterocycles. The number of hydrogen-bond donors (Lipinski definition) is 0. The van der Waals surface area contributed by atoms with Gasteiger partial charge in [-0.1, -0.05) is 30.4 Å². The Morgan fingerprint density at radius 2 is 1.88 bits per heavy atom. The van der Waals surface area contributed by atoms with Gasteiger partial charge in [0, 0.05) is 19.2 Å². The van der Waals surface area contributed by atoms with Gasteiger partial charge >= 0.3 is 0 Å². The van der Waals surface area contributed by atoms with Crippen LogP contribution < -0.4 is 0 Å². The van der Waals surface area contributed by atoms with E-state index >= 15 is 0 Å². The Kier molecular flexibility index (Phi) is 5.18. The molecule has 3 rings (SSSR count). The van der Waals surface area contributed by atoms with Crippen molar-refractivity contribution in [3.63, 3.8) is 0 Å². The highest BCUT2D eigenvalue weighted by Gasteiger charge is 2.37. The second-order valence-electron chi connectivity index (χ2n) is 6.69. The molecule has 1 amide bonds. The third-order valence-corrected chi connectivity index (χ3v) is 5.02. The van der Waals surface area contributed by atoms with E-state index < -0.39 is 0 Å². The minimum absolute atomic E-state index is 0.0543. The average molecular weight is 321 g/mol. The number of nitrogens with zero attached hydrogens (tertiary/aromatic N) is 3. The Balaban J connectivity index is 1.68. The van der Waals surface area contributed by atoms with Gasteiger partial charge in [0.05, 0.1) is 17.5 Å². The first-order valence-corrected chi connectivity index (χ1v) is 8.68. The first-order valence-electron chi connectivity index (χ1n) is 8.68. The molecule has 2 aliphatic rings. The van der Waals surface area contributed by atoms with E-state index in [2.05, 4.69) is 22.8 Å². The van der Waals surface area contributed by atoms with E-state index in [4.69, 9.17) is 5.26 Å². The Morgan fingerprint density at radius 3 is 2.58 bits per heavy atom. The normalized spacial score (nSPS) is 24.3. The molecule has 0 aromatic heterocycles. The van der Waals surface area contributed by atoms with Gasteiger partial charge in [-0.2, -0.15) is 5.26 Å². The molecular formula is C20H23N3O. The Morgan fingerprint density at radius 1 is 1.17 bits per heavy atom. The van der Waals surface area contributed by atoms with Crippen LogP contribution >= 0.6 is 0 Å².